The number of hydrogen-bond donors (Lipinski definition) is 1. The van der Waals surface area contributed by atoms with Gasteiger partial charge in [0.2, 0.25) is 0 Å². The lowest BCUT2D eigenvalue weighted by molar-refractivity contribution is 0.582. The minimum atomic E-state index is -0.222. The Hall–Kier alpha value is -2.01. The zero-order chi connectivity index (χ0) is 13.8. The third kappa shape index (κ3) is 2.71. The number of nitrogens with zero attached hydrogens (tertiary/aromatic N) is 3. The van der Waals surface area contributed by atoms with Crippen molar-refractivity contribution in [2.24, 2.45) is 5.73 Å². The molecule has 0 aliphatic rings. The average molecular weight is 260 g/mol. The molecule has 2 rings (SSSR count). The van der Waals surface area contributed by atoms with Crippen LogP contribution in [0.5, 0.6) is 0 Å². The van der Waals surface area contributed by atoms with Gasteiger partial charge < -0.3 is 10.6 Å². The molecule has 0 aliphatic heterocycles. The molecule has 0 saturated heterocycles. The van der Waals surface area contributed by atoms with E-state index in [0.717, 1.165) is 5.56 Å². The molecule has 0 saturated carbocycles. The van der Waals surface area contributed by atoms with E-state index < -0.39 is 0 Å². The van der Waals surface area contributed by atoms with Crippen LogP contribution in [0.4, 0.5) is 10.2 Å². The van der Waals surface area contributed by atoms with E-state index in [0.29, 0.717) is 17.9 Å². The highest BCUT2D eigenvalue weighted by Crippen LogP contribution is 2.27. The Balaban J connectivity index is 2.34. The summed E-state index contributed by atoms with van der Waals surface area (Å²) in [5.41, 5.74) is 7.20. The van der Waals surface area contributed by atoms with E-state index in [1.807, 2.05) is 31.0 Å². The second-order valence-electron chi connectivity index (χ2n) is 4.39. The zero-order valence-corrected chi connectivity index (χ0v) is 11.0. The summed E-state index contributed by atoms with van der Waals surface area (Å²) in [7, 11) is 1.86. The second kappa shape index (κ2) is 5.75. The van der Waals surface area contributed by atoms with Crippen molar-refractivity contribution in [1.29, 1.82) is 0 Å². The van der Waals surface area contributed by atoms with Crippen molar-refractivity contribution in [3.05, 3.63) is 53.5 Å². The minimum absolute atomic E-state index is 0.150. The summed E-state index contributed by atoms with van der Waals surface area (Å²) in [6.45, 7) is 2.30. The van der Waals surface area contributed by atoms with Crippen LogP contribution in [0.25, 0.3) is 0 Å². The molecule has 4 nitrogen and oxygen atoms in total. The fourth-order valence-corrected chi connectivity index (χ4v) is 2.01. The first-order valence-electron chi connectivity index (χ1n) is 6.13. The van der Waals surface area contributed by atoms with E-state index in [-0.39, 0.29) is 11.9 Å². The van der Waals surface area contributed by atoms with Crippen molar-refractivity contribution in [3.8, 4) is 0 Å². The summed E-state index contributed by atoms with van der Waals surface area (Å²) in [5.74, 6) is 0.459. The molecule has 1 atom stereocenters. The van der Waals surface area contributed by atoms with E-state index in [2.05, 4.69) is 10.2 Å². The highest BCUT2D eigenvalue weighted by atomic mass is 19.1. The predicted octanol–water partition coefficient (Wildman–Crippen LogP) is 2.27. The van der Waals surface area contributed by atoms with Crippen LogP contribution in [-0.2, 0) is 6.54 Å². The smallest absolute Gasteiger partial charge is 0.156 e. The van der Waals surface area contributed by atoms with Crippen molar-refractivity contribution >= 4 is 5.82 Å². The van der Waals surface area contributed by atoms with Gasteiger partial charge in [0.15, 0.2) is 5.82 Å². The molecule has 2 N–H and O–H groups in total. The Labute approximate surface area is 112 Å². The van der Waals surface area contributed by atoms with Crippen molar-refractivity contribution in [2.45, 2.75) is 19.5 Å². The average Bonchev–Trinajstić information content (AvgIpc) is 2.46. The molecule has 19 heavy (non-hydrogen) atoms. The molecule has 2 aromatic rings. The van der Waals surface area contributed by atoms with Gasteiger partial charge in [0.1, 0.15) is 5.82 Å². The molecular formula is C14H17FN4. The Bertz CT molecular complexity index is 559. The maximum absolute atomic E-state index is 13.8. The summed E-state index contributed by atoms with van der Waals surface area (Å²) < 4.78 is 13.8. The Kier molecular flexibility index (Phi) is 4.06. The number of rotatable bonds is 4. The fourth-order valence-electron chi connectivity index (χ4n) is 2.01. The fraction of sp³-hybridized carbons (Fsp3) is 0.286. The molecule has 5 heteroatoms. The summed E-state index contributed by atoms with van der Waals surface area (Å²) in [6, 6.07) is 8.41. The number of halogens is 1. The molecule has 1 aromatic heterocycles. The van der Waals surface area contributed by atoms with E-state index in [9.17, 15) is 4.39 Å². The van der Waals surface area contributed by atoms with Crippen LogP contribution in [0.1, 0.15) is 24.1 Å². The van der Waals surface area contributed by atoms with Gasteiger partial charge in [-0.3, -0.25) is 0 Å². The molecule has 0 aliphatic carbocycles. The van der Waals surface area contributed by atoms with Crippen molar-refractivity contribution in [3.63, 3.8) is 0 Å². The molecule has 0 fully saturated rings. The van der Waals surface area contributed by atoms with Crippen molar-refractivity contribution in [2.75, 3.05) is 11.9 Å². The summed E-state index contributed by atoms with van der Waals surface area (Å²) in [6.07, 6.45) is 1.60. The van der Waals surface area contributed by atoms with Gasteiger partial charge in [0.25, 0.3) is 0 Å². The number of benzene rings is 1. The molecule has 0 radical (unpaired) electrons. The van der Waals surface area contributed by atoms with Gasteiger partial charge in [-0.05, 0) is 19.1 Å². The lowest BCUT2D eigenvalue weighted by Gasteiger charge is -2.27. The third-order valence-electron chi connectivity index (χ3n) is 3.27. The van der Waals surface area contributed by atoms with Crippen LogP contribution in [0.3, 0.4) is 0 Å². The van der Waals surface area contributed by atoms with Crippen LogP contribution in [0.15, 0.2) is 36.5 Å². The van der Waals surface area contributed by atoms with E-state index in [4.69, 9.17) is 5.73 Å². The van der Waals surface area contributed by atoms with E-state index >= 15 is 0 Å². The molecular weight excluding hydrogens is 243 g/mol. The van der Waals surface area contributed by atoms with Crippen LogP contribution in [0.2, 0.25) is 0 Å². The lowest BCUT2D eigenvalue weighted by atomic mass is 10.1. The Morgan fingerprint density at radius 1 is 1.32 bits per heavy atom. The summed E-state index contributed by atoms with van der Waals surface area (Å²) in [4.78, 5) is 1.88. The number of aromatic nitrogens is 2. The van der Waals surface area contributed by atoms with Crippen LogP contribution < -0.4 is 10.6 Å². The van der Waals surface area contributed by atoms with Crippen molar-refractivity contribution in [1.82, 2.24) is 10.2 Å². The maximum Gasteiger partial charge on any atom is 0.156 e. The molecule has 100 valence electrons. The monoisotopic (exact) mass is 260 g/mol. The molecule has 1 unspecified atom stereocenters. The van der Waals surface area contributed by atoms with Gasteiger partial charge >= 0.3 is 0 Å². The first-order valence-corrected chi connectivity index (χ1v) is 6.13. The molecule has 1 heterocycles. The first kappa shape index (κ1) is 13.4. The molecule has 1 aromatic carbocycles. The van der Waals surface area contributed by atoms with Gasteiger partial charge in [-0.25, -0.2) is 4.39 Å². The number of hydrogen-bond acceptors (Lipinski definition) is 4. The summed E-state index contributed by atoms with van der Waals surface area (Å²) in [5, 5.41) is 7.97. The zero-order valence-electron chi connectivity index (χ0n) is 11.0. The lowest BCUT2D eigenvalue weighted by Crippen LogP contribution is -2.25. The maximum atomic E-state index is 13.8. The van der Waals surface area contributed by atoms with E-state index in [1.165, 1.54) is 6.07 Å². The first-order chi connectivity index (χ1) is 9.15. The quantitative estimate of drug-likeness (QED) is 0.916. The molecule has 0 amide bonds. The van der Waals surface area contributed by atoms with Crippen LogP contribution >= 0.6 is 0 Å². The van der Waals surface area contributed by atoms with Gasteiger partial charge in [0, 0.05) is 24.7 Å². The Morgan fingerprint density at radius 2 is 2.05 bits per heavy atom. The standard InChI is InChI=1S/C14H17FN4/c1-10(12-5-3-4-6-13(12)15)19(2)14-11(9-16)7-8-17-18-14/h3-8,10H,9,16H2,1-2H3. The van der Waals surface area contributed by atoms with Crippen molar-refractivity contribution < 1.29 is 4.39 Å². The normalized spacial score (nSPS) is 12.2. The highest BCUT2D eigenvalue weighted by Gasteiger charge is 2.18. The number of nitrogens with two attached hydrogens (primary N) is 1. The van der Waals surface area contributed by atoms with Gasteiger partial charge in [-0.15, -0.1) is 5.10 Å². The Morgan fingerprint density at radius 3 is 2.74 bits per heavy atom. The number of anilines is 1. The third-order valence-corrected chi connectivity index (χ3v) is 3.27. The summed E-state index contributed by atoms with van der Waals surface area (Å²) >= 11 is 0. The molecule has 0 bridgehead atoms. The SMILES string of the molecule is CC(c1ccccc1F)N(C)c1nnccc1CN. The van der Waals surface area contributed by atoms with Crippen LogP contribution in [0, 0.1) is 5.82 Å². The molecule has 0 spiro atoms. The van der Waals surface area contributed by atoms with Gasteiger partial charge in [-0.2, -0.15) is 5.10 Å². The minimum Gasteiger partial charge on any atom is -0.351 e. The van der Waals surface area contributed by atoms with Crippen LogP contribution in [-0.4, -0.2) is 17.2 Å². The van der Waals surface area contributed by atoms with E-state index in [1.54, 1.807) is 18.3 Å². The van der Waals surface area contributed by atoms with Gasteiger partial charge in [0.05, 0.1) is 12.2 Å². The van der Waals surface area contributed by atoms with Gasteiger partial charge in [-0.1, -0.05) is 18.2 Å². The topological polar surface area (TPSA) is 55.0 Å². The second-order valence-corrected chi connectivity index (χ2v) is 4.39. The largest absolute Gasteiger partial charge is 0.351 e. The predicted molar refractivity (Wildman–Crippen MR) is 73.1 cm³/mol. The highest BCUT2D eigenvalue weighted by molar-refractivity contribution is 5.47.